The van der Waals surface area contributed by atoms with Crippen LogP contribution in [-0.4, -0.2) is 55.1 Å². The Morgan fingerprint density at radius 3 is 2.57 bits per heavy atom. The molecule has 2 aliphatic rings. The van der Waals surface area contributed by atoms with Crippen LogP contribution in [-0.2, 0) is 0 Å². The number of nitrogens with zero attached hydrogens (tertiary/aromatic N) is 3. The minimum Gasteiger partial charge on any atom is -0.492 e. The van der Waals surface area contributed by atoms with E-state index in [-0.39, 0.29) is 28.8 Å². The van der Waals surface area contributed by atoms with Crippen molar-refractivity contribution >= 4 is 22.4 Å². The van der Waals surface area contributed by atoms with E-state index in [2.05, 4.69) is 18.9 Å². The Morgan fingerprint density at radius 2 is 2.00 bits per heavy atom. The number of rotatable bonds is 4. The number of ether oxygens (including phenoxy) is 1. The van der Waals surface area contributed by atoms with Crippen LogP contribution in [0.2, 0.25) is 0 Å². The summed E-state index contributed by atoms with van der Waals surface area (Å²) in [6.45, 7) is 5.65. The van der Waals surface area contributed by atoms with Gasteiger partial charge in [0.05, 0.1) is 23.6 Å². The Balaban J connectivity index is 1.99. The van der Waals surface area contributed by atoms with Crippen LogP contribution < -0.4 is 15.1 Å². The molecule has 4 rings (SSSR count). The molecule has 0 amide bonds. The lowest BCUT2D eigenvalue weighted by Gasteiger charge is -2.39. The number of hydrogen-bond donors (Lipinski definition) is 0. The van der Waals surface area contributed by atoms with Crippen LogP contribution in [0.15, 0.2) is 17.1 Å². The van der Waals surface area contributed by atoms with E-state index in [1.165, 1.54) is 20.1 Å². The van der Waals surface area contributed by atoms with Gasteiger partial charge in [0.25, 0.3) is 0 Å². The van der Waals surface area contributed by atoms with Gasteiger partial charge in [-0.3, -0.25) is 9.59 Å². The number of carbonyl (C=O) groups is 1. The Hall–Kier alpha value is -2.41. The molecule has 28 heavy (non-hydrogen) atoms. The summed E-state index contributed by atoms with van der Waals surface area (Å²) in [5, 5.41) is 0.208. The van der Waals surface area contributed by atoms with E-state index in [0.29, 0.717) is 30.0 Å². The Labute approximate surface area is 163 Å². The third-order valence-corrected chi connectivity index (χ3v) is 6.00. The number of ketones is 1. The van der Waals surface area contributed by atoms with Crippen LogP contribution >= 0.6 is 0 Å². The lowest BCUT2D eigenvalue weighted by molar-refractivity contribution is 0.101. The molecule has 0 radical (unpaired) electrons. The maximum Gasteiger partial charge on any atom is 0.200 e. The fourth-order valence-electron chi connectivity index (χ4n) is 4.07. The lowest BCUT2D eigenvalue weighted by atomic mass is 10.1. The molecule has 2 aromatic rings. The van der Waals surface area contributed by atoms with E-state index in [9.17, 15) is 9.59 Å². The molecule has 1 atom stereocenters. The number of fused-ring (bicyclic) bond motifs is 1. The largest absolute Gasteiger partial charge is 0.492 e. The maximum atomic E-state index is 15.3. The fraction of sp³-hybridized carbons (Fsp3) is 0.524. The van der Waals surface area contributed by atoms with Gasteiger partial charge in [-0.2, -0.15) is 0 Å². The molecule has 0 N–H and O–H groups in total. The standard InChI is InChI=1S/C21H26FN3O3/c1-12-10-24(8-7-23(12)3)19-17(22)9-15-18(21(19)28-4)25(14-5-6-14)11-16(13(2)26)20(15)27/h9,11-12,14H,5-8,10H2,1-4H3. The fourth-order valence-corrected chi connectivity index (χ4v) is 4.07. The molecule has 1 saturated carbocycles. The molecule has 2 fully saturated rings. The lowest BCUT2D eigenvalue weighted by Crippen LogP contribution is -2.50. The minimum absolute atomic E-state index is 0.0989. The van der Waals surface area contributed by atoms with Crippen molar-refractivity contribution in [1.82, 2.24) is 9.47 Å². The smallest absolute Gasteiger partial charge is 0.200 e. The third-order valence-electron chi connectivity index (χ3n) is 6.00. The van der Waals surface area contributed by atoms with Gasteiger partial charge in [-0.15, -0.1) is 0 Å². The number of anilines is 1. The summed E-state index contributed by atoms with van der Waals surface area (Å²) in [7, 11) is 3.57. The van der Waals surface area contributed by atoms with Crippen molar-refractivity contribution in [3.63, 3.8) is 0 Å². The quantitative estimate of drug-likeness (QED) is 0.755. The van der Waals surface area contributed by atoms with Crippen LogP contribution in [0.3, 0.4) is 0 Å². The maximum absolute atomic E-state index is 15.3. The predicted octanol–water partition coefficient (Wildman–Crippen LogP) is 2.83. The number of pyridine rings is 1. The van der Waals surface area contributed by atoms with E-state index in [0.717, 1.165) is 19.4 Å². The zero-order valence-corrected chi connectivity index (χ0v) is 16.8. The van der Waals surface area contributed by atoms with E-state index >= 15 is 4.39 Å². The second-order valence-electron chi connectivity index (χ2n) is 7.98. The number of aromatic nitrogens is 1. The van der Waals surface area contributed by atoms with E-state index in [4.69, 9.17) is 4.74 Å². The van der Waals surface area contributed by atoms with Gasteiger partial charge in [-0.05, 0) is 39.8 Å². The van der Waals surface area contributed by atoms with Crippen LogP contribution in [0, 0.1) is 5.82 Å². The van der Waals surface area contributed by atoms with Gasteiger partial charge in [0.2, 0.25) is 0 Å². The summed E-state index contributed by atoms with van der Waals surface area (Å²) in [5.41, 5.74) is 0.652. The highest BCUT2D eigenvalue weighted by atomic mass is 19.1. The molecule has 2 heterocycles. The van der Waals surface area contributed by atoms with E-state index < -0.39 is 11.2 Å². The molecule has 1 aromatic carbocycles. The summed E-state index contributed by atoms with van der Waals surface area (Å²) < 4.78 is 22.9. The van der Waals surface area contributed by atoms with Gasteiger partial charge in [0.1, 0.15) is 5.69 Å². The van der Waals surface area contributed by atoms with Gasteiger partial charge in [-0.1, -0.05) is 0 Å². The summed E-state index contributed by atoms with van der Waals surface area (Å²) in [6.07, 6.45) is 3.56. The first-order valence-electron chi connectivity index (χ1n) is 9.75. The average Bonchev–Trinajstić information content (AvgIpc) is 3.48. The van der Waals surface area contributed by atoms with Crippen LogP contribution in [0.4, 0.5) is 10.1 Å². The molecular weight excluding hydrogens is 361 g/mol. The highest BCUT2D eigenvalue weighted by Crippen LogP contribution is 2.43. The minimum atomic E-state index is -0.485. The molecule has 1 unspecified atom stereocenters. The zero-order chi connectivity index (χ0) is 20.2. The summed E-state index contributed by atoms with van der Waals surface area (Å²) in [4.78, 5) is 29.1. The summed E-state index contributed by atoms with van der Waals surface area (Å²) in [5.74, 6) is -0.412. The summed E-state index contributed by atoms with van der Waals surface area (Å²) >= 11 is 0. The first kappa shape index (κ1) is 18.9. The van der Waals surface area contributed by atoms with Crippen molar-refractivity contribution in [2.45, 2.75) is 38.8 Å². The number of methoxy groups -OCH3 is 1. The molecule has 0 spiro atoms. The number of piperazine rings is 1. The van der Waals surface area contributed by atoms with E-state index in [1.807, 2.05) is 9.47 Å². The van der Waals surface area contributed by atoms with Gasteiger partial charge in [0.15, 0.2) is 22.8 Å². The van der Waals surface area contributed by atoms with Gasteiger partial charge >= 0.3 is 0 Å². The first-order valence-corrected chi connectivity index (χ1v) is 9.75. The monoisotopic (exact) mass is 387 g/mol. The number of hydrogen-bond acceptors (Lipinski definition) is 5. The number of benzene rings is 1. The zero-order valence-electron chi connectivity index (χ0n) is 16.8. The molecule has 6 nitrogen and oxygen atoms in total. The molecular formula is C21H26FN3O3. The van der Waals surface area contributed by atoms with Crippen molar-refractivity contribution < 1.29 is 13.9 Å². The topological polar surface area (TPSA) is 54.8 Å². The molecule has 7 heteroatoms. The van der Waals surface area contributed by atoms with Crippen LogP contribution in [0.5, 0.6) is 5.75 Å². The Kier molecular flexibility index (Phi) is 4.65. The number of halogens is 1. The van der Waals surface area contributed by atoms with E-state index in [1.54, 1.807) is 6.20 Å². The highest BCUT2D eigenvalue weighted by molar-refractivity contribution is 5.99. The Morgan fingerprint density at radius 1 is 1.29 bits per heavy atom. The van der Waals surface area contributed by atoms with Crippen molar-refractivity contribution in [3.8, 4) is 5.75 Å². The molecule has 1 saturated heterocycles. The highest BCUT2D eigenvalue weighted by Gasteiger charge is 2.32. The number of likely N-dealkylation sites (N-methyl/N-ethyl adjacent to an activating group) is 1. The van der Waals surface area contributed by atoms with Crippen LogP contribution in [0.1, 0.15) is 43.1 Å². The molecule has 1 aliphatic heterocycles. The van der Waals surface area contributed by atoms with Gasteiger partial charge < -0.3 is 19.1 Å². The van der Waals surface area contributed by atoms with Gasteiger partial charge in [0, 0.05) is 37.9 Å². The normalized spacial score (nSPS) is 20.6. The molecule has 1 aromatic heterocycles. The second kappa shape index (κ2) is 6.88. The van der Waals surface area contributed by atoms with Crippen LogP contribution in [0.25, 0.3) is 10.9 Å². The number of Topliss-reactive ketones (excluding diaryl/α,β-unsaturated/α-hetero) is 1. The predicted molar refractivity (Wildman–Crippen MR) is 107 cm³/mol. The van der Waals surface area contributed by atoms with Crippen molar-refractivity contribution in [2.24, 2.45) is 0 Å². The second-order valence-corrected chi connectivity index (χ2v) is 7.98. The van der Waals surface area contributed by atoms with Crippen molar-refractivity contribution in [1.29, 1.82) is 0 Å². The van der Waals surface area contributed by atoms with Crippen molar-refractivity contribution in [2.75, 3.05) is 38.7 Å². The molecule has 1 aliphatic carbocycles. The van der Waals surface area contributed by atoms with Crippen molar-refractivity contribution in [3.05, 3.63) is 33.9 Å². The molecule has 150 valence electrons. The average molecular weight is 387 g/mol. The summed E-state index contributed by atoms with van der Waals surface area (Å²) in [6, 6.07) is 1.77. The number of carbonyl (C=O) groups excluding carboxylic acids is 1. The first-order chi connectivity index (χ1) is 13.3. The Bertz CT molecular complexity index is 1010. The SMILES string of the molecule is COc1c(N2CCN(C)C(C)C2)c(F)cc2c(=O)c(C(C)=O)cn(C3CC3)c12. The third kappa shape index (κ3) is 2.98. The van der Waals surface area contributed by atoms with Gasteiger partial charge in [-0.25, -0.2) is 4.39 Å². The molecule has 0 bridgehead atoms.